The van der Waals surface area contributed by atoms with Gasteiger partial charge in [0.1, 0.15) is 5.82 Å². The molecule has 0 bridgehead atoms. The summed E-state index contributed by atoms with van der Waals surface area (Å²) in [5.74, 6) is -1.84. The predicted molar refractivity (Wildman–Crippen MR) is 72.7 cm³/mol. The van der Waals surface area contributed by atoms with E-state index in [1.807, 2.05) is 0 Å². The van der Waals surface area contributed by atoms with E-state index >= 15 is 0 Å². The van der Waals surface area contributed by atoms with Gasteiger partial charge in [-0.05, 0) is 48.4 Å². The summed E-state index contributed by atoms with van der Waals surface area (Å²) in [5, 5.41) is 10.6. The Kier molecular flexibility index (Phi) is 3.95. The number of carbonyl (C=O) groups is 1. The van der Waals surface area contributed by atoms with Gasteiger partial charge in [-0.2, -0.15) is 0 Å². The van der Waals surface area contributed by atoms with Gasteiger partial charge in [-0.3, -0.25) is 4.72 Å². The summed E-state index contributed by atoms with van der Waals surface area (Å²) in [6.07, 6.45) is 0. The predicted octanol–water partition coefficient (Wildman–Crippen LogP) is 1.30. The second-order valence-corrected chi connectivity index (χ2v) is 6.06. The van der Waals surface area contributed by atoms with Crippen LogP contribution >= 0.6 is 0 Å². The molecule has 2 rings (SSSR count). The summed E-state index contributed by atoms with van der Waals surface area (Å²) in [6.45, 7) is 1.46. The van der Waals surface area contributed by atoms with Gasteiger partial charge in [0.2, 0.25) is 0 Å². The normalized spacial score (nSPS) is 11.1. The van der Waals surface area contributed by atoms with Crippen LogP contribution in [0, 0.1) is 12.7 Å². The molecule has 0 heterocycles. The third-order valence-corrected chi connectivity index (χ3v) is 4.19. The molecule has 0 saturated heterocycles. The molecule has 5 nitrogen and oxygen atoms in total. The van der Waals surface area contributed by atoms with Crippen molar-refractivity contribution >= 4 is 21.7 Å². The molecule has 0 aliphatic heterocycles. The molecule has 0 amide bonds. The molecule has 110 valence electrons. The highest BCUT2D eigenvalue weighted by Gasteiger charge is 2.15. The number of hydrogen-bond donors (Lipinski definition) is 1. The van der Waals surface area contributed by atoms with Crippen LogP contribution in [0.15, 0.2) is 47.4 Å². The highest BCUT2D eigenvalue weighted by atomic mass is 32.2. The van der Waals surface area contributed by atoms with Crippen LogP contribution in [0.1, 0.15) is 15.9 Å². The lowest BCUT2D eigenvalue weighted by atomic mass is 10.2. The molecule has 0 aliphatic rings. The van der Waals surface area contributed by atoms with Crippen LogP contribution in [0.3, 0.4) is 0 Å². The SMILES string of the molecule is Cc1cc(S(=O)(=O)Nc2ccc(C(=O)[O-])cc2)ccc1F. The Bertz CT molecular complexity index is 785. The average Bonchev–Trinajstić information content (AvgIpc) is 2.42. The smallest absolute Gasteiger partial charge is 0.261 e. The second-order valence-electron chi connectivity index (χ2n) is 4.38. The third-order valence-electron chi connectivity index (χ3n) is 2.81. The van der Waals surface area contributed by atoms with Crippen molar-refractivity contribution in [2.24, 2.45) is 0 Å². The summed E-state index contributed by atoms with van der Waals surface area (Å²) < 4.78 is 39.7. The van der Waals surface area contributed by atoms with Crippen LogP contribution < -0.4 is 9.83 Å². The van der Waals surface area contributed by atoms with Crippen molar-refractivity contribution in [3.8, 4) is 0 Å². The molecule has 0 aromatic heterocycles. The molecule has 0 saturated carbocycles. The van der Waals surface area contributed by atoms with Gasteiger partial charge in [-0.1, -0.05) is 12.1 Å². The summed E-state index contributed by atoms with van der Waals surface area (Å²) >= 11 is 0. The zero-order valence-electron chi connectivity index (χ0n) is 11.0. The molecule has 2 aromatic carbocycles. The Hall–Kier alpha value is -2.41. The Labute approximate surface area is 121 Å². The van der Waals surface area contributed by atoms with Crippen molar-refractivity contribution in [1.29, 1.82) is 0 Å². The van der Waals surface area contributed by atoms with Crippen LogP contribution in [0.5, 0.6) is 0 Å². The van der Waals surface area contributed by atoms with Crippen molar-refractivity contribution < 1.29 is 22.7 Å². The van der Waals surface area contributed by atoms with E-state index in [1.54, 1.807) is 0 Å². The lowest BCUT2D eigenvalue weighted by Crippen LogP contribution is -2.22. The molecule has 7 heteroatoms. The van der Waals surface area contributed by atoms with E-state index in [4.69, 9.17) is 0 Å². The van der Waals surface area contributed by atoms with Crippen molar-refractivity contribution in [3.05, 3.63) is 59.4 Å². The Balaban J connectivity index is 2.28. The molecule has 2 aromatic rings. The topological polar surface area (TPSA) is 86.3 Å². The average molecular weight is 308 g/mol. The van der Waals surface area contributed by atoms with Gasteiger partial charge in [0, 0.05) is 5.69 Å². The van der Waals surface area contributed by atoms with Crippen LogP contribution in [-0.2, 0) is 10.0 Å². The van der Waals surface area contributed by atoms with Gasteiger partial charge in [0.15, 0.2) is 0 Å². The standard InChI is InChI=1S/C14H12FNO4S/c1-9-8-12(6-7-13(9)15)21(19,20)16-11-4-2-10(3-5-11)14(17)18/h2-8,16H,1H3,(H,17,18)/p-1. The van der Waals surface area contributed by atoms with Crippen LogP contribution in [0.4, 0.5) is 10.1 Å². The fraction of sp³-hybridized carbons (Fsp3) is 0.0714. The minimum atomic E-state index is -3.87. The zero-order valence-corrected chi connectivity index (χ0v) is 11.8. The largest absolute Gasteiger partial charge is 0.545 e. The molecule has 1 N–H and O–H groups in total. The monoisotopic (exact) mass is 308 g/mol. The molecule has 0 spiro atoms. The molecule has 21 heavy (non-hydrogen) atoms. The van der Waals surface area contributed by atoms with Crippen LogP contribution in [0.25, 0.3) is 0 Å². The second kappa shape index (κ2) is 5.53. The molecular formula is C14H11FNO4S-. The molecular weight excluding hydrogens is 297 g/mol. The summed E-state index contributed by atoms with van der Waals surface area (Å²) in [4.78, 5) is 10.5. The maximum atomic E-state index is 13.2. The first kappa shape index (κ1) is 15.0. The number of anilines is 1. The third kappa shape index (κ3) is 3.38. The number of rotatable bonds is 4. The maximum absolute atomic E-state index is 13.2. The zero-order chi connectivity index (χ0) is 15.6. The van der Waals surface area contributed by atoms with E-state index in [9.17, 15) is 22.7 Å². The first-order valence-corrected chi connectivity index (χ1v) is 7.38. The van der Waals surface area contributed by atoms with Gasteiger partial charge in [-0.15, -0.1) is 0 Å². The minimum absolute atomic E-state index is 0.0597. The highest BCUT2D eigenvalue weighted by Crippen LogP contribution is 2.18. The van der Waals surface area contributed by atoms with Crippen molar-refractivity contribution in [2.75, 3.05) is 4.72 Å². The number of benzene rings is 2. The number of carbonyl (C=O) groups excluding carboxylic acids is 1. The van der Waals surface area contributed by atoms with Gasteiger partial charge in [0.05, 0.1) is 10.9 Å². The number of carboxylic acid groups (broad SMARTS) is 1. The van der Waals surface area contributed by atoms with Gasteiger partial charge in [-0.25, -0.2) is 12.8 Å². The van der Waals surface area contributed by atoms with E-state index in [0.29, 0.717) is 0 Å². The van der Waals surface area contributed by atoms with E-state index in [2.05, 4.69) is 4.72 Å². The van der Waals surface area contributed by atoms with Crippen LogP contribution in [0.2, 0.25) is 0 Å². The van der Waals surface area contributed by atoms with Crippen molar-refractivity contribution in [1.82, 2.24) is 0 Å². The number of nitrogens with one attached hydrogen (secondary N) is 1. The number of halogens is 1. The fourth-order valence-electron chi connectivity index (χ4n) is 1.67. The highest BCUT2D eigenvalue weighted by molar-refractivity contribution is 7.92. The van der Waals surface area contributed by atoms with Gasteiger partial charge < -0.3 is 9.90 Å². The van der Waals surface area contributed by atoms with E-state index in [-0.39, 0.29) is 21.7 Å². The lowest BCUT2D eigenvalue weighted by Gasteiger charge is -2.10. The number of sulfonamides is 1. The van der Waals surface area contributed by atoms with Gasteiger partial charge >= 0.3 is 0 Å². The molecule has 0 atom stereocenters. The summed E-state index contributed by atoms with van der Waals surface area (Å²) in [7, 11) is -3.87. The van der Waals surface area contributed by atoms with Crippen molar-refractivity contribution in [3.63, 3.8) is 0 Å². The first-order chi connectivity index (χ1) is 9.79. The quantitative estimate of drug-likeness (QED) is 0.922. The first-order valence-electron chi connectivity index (χ1n) is 5.90. The van der Waals surface area contributed by atoms with Crippen molar-refractivity contribution in [2.45, 2.75) is 11.8 Å². The van der Waals surface area contributed by atoms with E-state index < -0.39 is 21.8 Å². The number of aromatic carboxylic acids is 1. The minimum Gasteiger partial charge on any atom is -0.545 e. The molecule has 0 unspecified atom stereocenters. The summed E-state index contributed by atoms with van der Waals surface area (Å²) in [6, 6.07) is 8.50. The van der Waals surface area contributed by atoms with E-state index in [0.717, 1.165) is 12.1 Å². The summed E-state index contributed by atoms with van der Waals surface area (Å²) in [5.41, 5.74) is 0.350. The Morgan fingerprint density at radius 3 is 2.29 bits per heavy atom. The van der Waals surface area contributed by atoms with Gasteiger partial charge in [0.25, 0.3) is 10.0 Å². The van der Waals surface area contributed by atoms with Crippen LogP contribution in [-0.4, -0.2) is 14.4 Å². The number of carboxylic acids is 1. The fourth-order valence-corrected chi connectivity index (χ4v) is 2.82. The Morgan fingerprint density at radius 1 is 1.14 bits per heavy atom. The van der Waals surface area contributed by atoms with E-state index in [1.165, 1.54) is 37.3 Å². The number of hydrogen-bond acceptors (Lipinski definition) is 4. The Morgan fingerprint density at radius 2 is 1.76 bits per heavy atom. The molecule has 0 aliphatic carbocycles. The lowest BCUT2D eigenvalue weighted by molar-refractivity contribution is -0.255. The maximum Gasteiger partial charge on any atom is 0.261 e. The number of aryl methyl sites for hydroxylation is 1. The molecule has 0 radical (unpaired) electrons. The molecule has 0 fully saturated rings.